The van der Waals surface area contributed by atoms with Crippen LogP contribution in [0, 0.1) is 6.57 Å². The van der Waals surface area contributed by atoms with E-state index in [0.717, 1.165) is 15.8 Å². The molecule has 0 aliphatic heterocycles. The van der Waals surface area contributed by atoms with Crippen LogP contribution in [0.5, 0.6) is 5.75 Å². The summed E-state index contributed by atoms with van der Waals surface area (Å²) in [5.41, 5.74) is 0.962. The van der Waals surface area contributed by atoms with Crippen molar-refractivity contribution in [2.75, 3.05) is 7.11 Å². The van der Waals surface area contributed by atoms with Gasteiger partial charge in [-0.05, 0) is 22.0 Å². The summed E-state index contributed by atoms with van der Waals surface area (Å²) in [5.74, 6) is 0.774. The lowest BCUT2D eigenvalue weighted by atomic mass is 10.2. The van der Waals surface area contributed by atoms with Gasteiger partial charge in [0.15, 0.2) is 0 Å². The lowest BCUT2D eigenvalue weighted by Crippen LogP contribution is -1.88. The minimum atomic E-state index is 0.387. The second kappa shape index (κ2) is 4.13. The first kappa shape index (κ1) is 9.08. The van der Waals surface area contributed by atoms with Gasteiger partial charge >= 0.3 is 0 Å². The molecule has 1 aromatic rings. The van der Waals surface area contributed by atoms with Gasteiger partial charge in [0.05, 0.1) is 11.6 Å². The second-order valence-electron chi connectivity index (χ2n) is 2.25. The molecule has 2 nitrogen and oxygen atoms in total. The van der Waals surface area contributed by atoms with E-state index < -0.39 is 0 Å². The first-order valence-corrected chi connectivity index (χ1v) is 4.23. The fourth-order valence-electron chi connectivity index (χ4n) is 0.921. The Bertz CT molecular complexity index is 317. The van der Waals surface area contributed by atoms with E-state index in [1.165, 1.54) is 0 Å². The van der Waals surface area contributed by atoms with Gasteiger partial charge in [0.1, 0.15) is 5.75 Å². The molecule has 0 aliphatic carbocycles. The quantitative estimate of drug-likeness (QED) is 0.707. The summed E-state index contributed by atoms with van der Waals surface area (Å²) in [6.07, 6.45) is 0. The van der Waals surface area contributed by atoms with Crippen LogP contribution >= 0.6 is 15.9 Å². The van der Waals surface area contributed by atoms with Gasteiger partial charge in [0.25, 0.3) is 0 Å². The topological polar surface area (TPSA) is 13.6 Å². The summed E-state index contributed by atoms with van der Waals surface area (Å²) in [5, 5.41) is 0. The number of halogens is 1. The Labute approximate surface area is 80.1 Å². The molecule has 0 fully saturated rings. The van der Waals surface area contributed by atoms with Crippen LogP contribution in [0.25, 0.3) is 4.85 Å². The van der Waals surface area contributed by atoms with Crippen molar-refractivity contribution in [2.45, 2.75) is 6.54 Å². The molecule has 3 heteroatoms. The van der Waals surface area contributed by atoms with E-state index >= 15 is 0 Å². The van der Waals surface area contributed by atoms with Crippen molar-refractivity contribution in [1.29, 1.82) is 0 Å². The van der Waals surface area contributed by atoms with Crippen LogP contribution in [-0.4, -0.2) is 7.11 Å². The highest BCUT2D eigenvalue weighted by Crippen LogP contribution is 2.28. The summed E-state index contributed by atoms with van der Waals surface area (Å²) in [6, 6.07) is 5.65. The Kier molecular flexibility index (Phi) is 3.12. The molecule has 1 rings (SSSR count). The monoisotopic (exact) mass is 225 g/mol. The largest absolute Gasteiger partial charge is 0.496 e. The van der Waals surface area contributed by atoms with Gasteiger partial charge in [-0.3, -0.25) is 0 Å². The Morgan fingerprint density at radius 3 is 2.92 bits per heavy atom. The molecule has 12 heavy (non-hydrogen) atoms. The zero-order valence-corrected chi connectivity index (χ0v) is 8.26. The lowest BCUT2D eigenvalue weighted by molar-refractivity contribution is 0.411. The SMILES string of the molecule is [C-]#[N+]Cc1cccc(OC)c1Br. The van der Waals surface area contributed by atoms with Crippen molar-refractivity contribution in [3.05, 3.63) is 39.7 Å². The summed E-state index contributed by atoms with van der Waals surface area (Å²) in [4.78, 5) is 3.31. The Balaban J connectivity index is 3.07. The number of ether oxygens (including phenoxy) is 1. The third kappa shape index (κ3) is 1.77. The molecule has 0 saturated heterocycles. The summed E-state index contributed by atoms with van der Waals surface area (Å²) in [6.45, 7) is 7.11. The van der Waals surface area contributed by atoms with Gasteiger partial charge in [-0.2, -0.15) is 0 Å². The first-order chi connectivity index (χ1) is 5.79. The summed E-state index contributed by atoms with van der Waals surface area (Å²) < 4.78 is 5.96. The fourth-order valence-corrected chi connectivity index (χ4v) is 1.47. The van der Waals surface area contributed by atoms with Crippen LogP contribution in [0.4, 0.5) is 0 Å². The predicted octanol–water partition coefficient (Wildman–Crippen LogP) is 2.88. The molecule has 0 spiro atoms. The highest BCUT2D eigenvalue weighted by molar-refractivity contribution is 9.10. The van der Waals surface area contributed by atoms with E-state index in [1.807, 2.05) is 18.2 Å². The maximum atomic E-state index is 6.73. The highest BCUT2D eigenvalue weighted by atomic mass is 79.9. The van der Waals surface area contributed by atoms with Crippen molar-refractivity contribution in [2.24, 2.45) is 0 Å². The number of hydrogen-bond donors (Lipinski definition) is 0. The molecule has 0 aliphatic rings. The maximum Gasteiger partial charge on any atom is 0.241 e. The van der Waals surface area contributed by atoms with Crippen LogP contribution in [0.2, 0.25) is 0 Å². The van der Waals surface area contributed by atoms with Gasteiger partial charge in [0, 0.05) is 5.56 Å². The molecule has 0 aromatic heterocycles. The zero-order chi connectivity index (χ0) is 8.97. The van der Waals surface area contributed by atoms with E-state index in [0.29, 0.717) is 6.54 Å². The predicted molar refractivity (Wildman–Crippen MR) is 51.0 cm³/mol. The van der Waals surface area contributed by atoms with Crippen LogP contribution < -0.4 is 4.74 Å². The minimum Gasteiger partial charge on any atom is -0.496 e. The molecule has 1 aromatic carbocycles. The van der Waals surface area contributed by atoms with Gasteiger partial charge in [0.2, 0.25) is 6.54 Å². The average molecular weight is 226 g/mol. The van der Waals surface area contributed by atoms with Crippen LogP contribution in [0.3, 0.4) is 0 Å². The molecule has 0 bridgehead atoms. The Hall–Kier alpha value is -1.01. The van der Waals surface area contributed by atoms with Crippen LogP contribution in [-0.2, 0) is 6.54 Å². The second-order valence-corrected chi connectivity index (χ2v) is 3.04. The van der Waals surface area contributed by atoms with E-state index in [4.69, 9.17) is 11.3 Å². The number of hydrogen-bond acceptors (Lipinski definition) is 1. The third-order valence-electron chi connectivity index (χ3n) is 1.51. The van der Waals surface area contributed by atoms with Gasteiger partial charge in [-0.1, -0.05) is 12.1 Å². The highest BCUT2D eigenvalue weighted by Gasteiger charge is 2.06. The number of rotatable bonds is 2. The smallest absolute Gasteiger partial charge is 0.241 e. The van der Waals surface area contributed by atoms with Crippen molar-refractivity contribution in [3.8, 4) is 5.75 Å². The molecule has 0 heterocycles. The Morgan fingerprint density at radius 2 is 2.33 bits per heavy atom. The van der Waals surface area contributed by atoms with E-state index in [2.05, 4.69) is 20.8 Å². The first-order valence-electron chi connectivity index (χ1n) is 3.44. The van der Waals surface area contributed by atoms with Crippen molar-refractivity contribution in [1.82, 2.24) is 0 Å². The molecule has 0 saturated carbocycles. The van der Waals surface area contributed by atoms with Crippen LogP contribution in [0.1, 0.15) is 5.56 Å². The van der Waals surface area contributed by atoms with Crippen molar-refractivity contribution >= 4 is 15.9 Å². The molecule has 0 amide bonds. The number of benzene rings is 1. The minimum absolute atomic E-state index is 0.387. The normalized spacial score (nSPS) is 9.08. The van der Waals surface area contributed by atoms with E-state index in [-0.39, 0.29) is 0 Å². The van der Waals surface area contributed by atoms with E-state index in [1.54, 1.807) is 7.11 Å². The molecule has 0 N–H and O–H groups in total. The Morgan fingerprint density at radius 1 is 1.58 bits per heavy atom. The van der Waals surface area contributed by atoms with Gasteiger partial charge in [-0.15, -0.1) is 0 Å². The van der Waals surface area contributed by atoms with Crippen molar-refractivity contribution < 1.29 is 4.74 Å². The maximum absolute atomic E-state index is 6.73. The molecule has 0 unspecified atom stereocenters. The zero-order valence-electron chi connectivity index (χ0n) is 6.67. The lowest BCUT2D eigenvalue weighted by Gasteiger charge is -2.03. The van der Waals surface area contributed by atoms with E-state index in [9.17, 15) is 0 Å². The fraction of sp³-hybridized carbons (Fsp3) is 0.222. The summed E-state index contributed by atoms with van der Waals surface area (Å²) >= 11 is 3.37. The summed E-state index contributed by atoms with van der Waals surface area (Å²) in [7, 11) is 1.61. The van der Waals surface area contributed by atoms with Gasteiger partial charge in [-0.25, -0.2) is 6.57 Å². The molecular formula is C9H8BrNO. The molecular weight excluding hydrogens is 218 g/mol. The van der Waals surface area contributed by atoms with Crippen molar-refractivity contribution in [3.63, 3.8) is 0 Å². The molecule has 62 valence electrons. The number of nitrogens with zero attached hydrogens (tertiary/aromatic N) is 1. The molecule has 0 radical (unpaired) electrons. The molecule has 0 atom stereocenters. The third-order valence-corrected chi connectivity index (χ3v) is 2.41. The van der Waals surface area contributed by atoms with Gasteiger partial charge < -0.3 is 9.58 Å². The standard InChI is InChI=1S/C9H8BrNO/c1-11-6-7-4-3-5-8(12-2)9(7)10/h3-5H,6H2,2H3. The number of methoxy groups -OCH3 is 1. The average Bonchev–Trinajstić information content (AvgIpc) is 2.09. The van der Waals surface area contributed by atoms with Crippen LogP contribution in [0.15, 0.2) is 22.7 Å².